The van der Waals surface area contributed by atoms with Gasteiger partial charge in [0.05, 0.1) is 5.75 Å². The van der Waals surface area contributed by atoms with Gasteiger partial charge in [-0.3, -0.25) is 4.79 Å². The summed E-state index contributed by atoms with van der Waals surface area (Å²) in [6, 6.07) is 2.29. The normalized spacial score (nSPS) is 24.6. The van der Waals surface area contributed by atoms with Gasteiger partial charge in [0.15, 0.2) is 0 Å². The number of likely N-dealkylation sites (tertiary alicyclic amines) is 1. The Morgan fingerprint density at radius 1 is 1.26 bits per heavy atom. The van der Waals surface area contributed by atoms with Crippen molar-refractivity contribution in [3.8, 4) is 0 Å². The van der Waals surface area contributed by atoms with Crippen molar-refractivity contribution in [2.75, 3.05) is 12.3 Å². The molecule has 2 aromatic rings. The maximum Gasteiger partial charge on any atom is 0.253 e. The van der Waals surface area contributed by atoms with Crippen molar-refractivity contribution in [3.05, 3.63) is 18.5 Å². The number of carbonyl (C=O) groups is 1. The second kappa shape index (κ2) is 6.47. The number of rotatable bonds is 3. The fourth-order valence-corrected chi connectivity index (χ4v) is 4.63. The first kappa shape index (κ1) is 14.9. The number of carbonyl (C=O) groups excluding carboxylic acids is 1. The maximum atomic E-state index is 12.7. The van der Waals surface area contributed by atoms with E-state index in [0.29, 0.717) is 22.7 Å². The highest BCUT2D eigenvalue weighted by Crippen LogP contribution is 2.35. The predicted octanol–water partition coefficient (Wildman–Crippen LogP) is 2.40. The number of piperidine rings is 1. The van der Waals surface area contributed by atoms with E-state index < -0.39 is 0 Å². The Labute approximate surface area is 139 Å². The average molecular weight is 331 g/mol. The molecule has 6 nitrogen and oxygen atoms in total. The summed E-state index contributed by atoms with van der Waals surface area (Å²) in [5, 5.41) is 4.97. The Morgan fingerprint density at radius 3 is 3.04 bits per heavy atom. The molecule has 122 valence electrons. The SMILES string of the molecule is O=C(CSc1nc2ncccn2n1)N1CCC[C@H]2CCCC[C@@H]21. The molecule has 1 amide bonds. The van der Waals surface area contributed by atoms with Crippen LogP contribution in [0, 0.1) is 5.92 Å². The zero-order valence-electron chi connectivity index (χ0n) is 13.1. The Morgan fingerprint density at radius 2 is 2.13 bits per heavy atom. The number of thioether (sulfide) groups is 1. The number of amides is 1. The lowest BCUT2D eigenvalue weighted by molar-refractivity contribution is -0.134. The lowest BCUT2D eigenvalue weighted by Gasteiger charge is -2.44. The molecule has 23 heavy (non-hydrogen) atoms. The zero-order valence-corrected chi connectivity index (χ0v) is 13.9. The quantitative estimate of drug-likeness (QED) is 0.808. The van der Waals surface area contributed by atoms with Gasteiger partial charge in [-0.25, -0.2) is 9.50 Å². The van der Waals surface area contributed by atoms with Crippen LogP contribution in [0.25, 0.3) is 5.78 Å². The molecule has 1 aliphatic heterocycles. The Balaban J connectivity index is 1.40. The molecule has 0 spiro atoms. The fourth-order valence-electron chi connectivity index (χ4n) is 3.92. The van der Waals surface area contributed by atoms with Gasteiger partial charge in [0, 0.05) is 25.0 Å². The Hall–Kier alpha value is -1.63. The minimum absolute atomic E-state index is 0.235. The molecule has 0 aromatic carbocycles. The molecule has 0 N–H and O–H groups in total. The molecular weight excluding hydrogens is 310 g/mol. The first-order chi connectivity index (χ1) is 11.3. The van der Waals surface area contributed by atoms with Gasteiger partial charge in [0.1, 0.15) is 0 Å². The van der Waals surface area contributed by atoms with Crippen molar-refractivity contribution in [2.24, 2.45) is 5.92 Å². The summed E-state index contributed by atoms with van der Waals surface area (Å²) < 4.78 is 1.64. The van der Waals surface area contributed by atoms with Crippen molar-refractivity contribution < 1.29 is 4.79 Å². The molecule has 3 heterocycles. The van der Waals surface area contributed by atoms with Crippen LogP contribution in [0.3, 0.4) is 0 Å². The van der Waals surface area contributed by atoms with Crippen LogP contribution in [-0.2, 0) is 4.79 Å². The largest absolute Gasteiger partial charge is 0.339 e. The van der Waals surface area contributed by atoms with Crippen LogP contribution in [0.5, 0.6) is 0 Å². The van der Waals surface area contributed by atoms with E-state index in [4.69, 9.17) is 0 Å². The minimum Gasteiger partial charge on any atom is -0.339 e. The van der Waals surface area contributed by atoms with Gasteiger partial charge in [-0.2, -0.15) is 4.98 Å². The van der Waals surface area contributed by atoms with Gasteiger partial charge >= 0.3 is 0 Å². The molecule has 1 aliphatic carbocycles. The zero-order chi connectivity index (χ0) is 15.6. The lowest BCUT2D eigenvalue weighted by Crippen LogP contribution is -2.50. The van der Waals surface area contributed by atoms with Crippen molar-refractivity contribution in [2.45, 2.75) is 49.7 Å². The first-order valence-corrected chi connectivity index (χ1v) is 9.39. The number of hydrogen-bond donors (Lipinski definition) is 0. The average Bonchev–Trinajstić information content (AvgIpc) is 3.02. The summed E-state index contributed by atoms with van der Waals surface area (Å²) in [7, 11) is 0. The Bertz CT molecular complexity index is 668. The van der Waals surface area contributed by atoms with E-state index in [-0.39, 0.29) is 5.91 Å². The summed E-state index contributed by atoms with van der Waals surface area (Å²) in [5.41, 5.74) is 0. The van der Waals surface area contributed by atoms with Crippen LogP contribution in [0.2, 0.25) is 0 Å². The second-order valence-corrected chi connectivity index (χ2v) is 7.33. The van der Waals surface area contributed by atoms with Gasteiger partial charge in [-0.1, -0.05) is 24.6 Å². The summed E-state index contributed by atoms with van der Waals surface area (Å²) in [6.07, 6.45) is 11.0. The second-order valence-electron chi connectivity index (χ2n) is 6.39. The number of aromatic nitrogens is 4. The van der Waals surface area contributed by atoms with Crippen LogP contribution in [0.15, 0.2) is 23.6 Å². The molecule has 2 atom stereocenters. The van der Waals surface area contributed by atoms with E-state index in [1.54, 1.807) is 10.7 Å². The highest BCUT2D eigenvalue weighted by molar-refractivity contribution is 7.99. The third-order valence-corrected chi connectivity index (χ3v) is 5.81. The molecule has 2 fully saturated rings. The van der Waals surface area contributed by atoms with Gasteiger partial charge < -0.3 is 4.90 Å². The number of nitrogens with zero attached hydrogens (tertiary/aromatic N) is 5. The van der Waals surface area contributed by atoms with Gasteiger partial charge in [0.2, 0.25) is 11.1 Å². The van der Waals surface area contributed by atoms with Crippen LogP contribution < -0.4 is 0 Å². The summed E-state index contributed by atoms with van der Waals surface area (Å²) in [4.78, 5) is 23.3. The fraction of sp³-hybridized carbons (Fsp3) is 0.625. The monoisotopic (exact) mass is 331 g/mol. The van der Waals surface area contributed by atoms with Crippen molar-refractivity contribution in [3.63, 3.8) is 0 Å². The van der Waals surface area contributed by atoms with Crippen LogP contribution >= 0.6 is 11.8 Å². The van der Waals surface area contributed by atoms with E-state index in [9.17, 15) is 4.79 Å². The molecule has 1 saturated carbocycles. The highest BCUT2D eigenvalue weighted by Gasteiger charge is 2.35. The third kappa shape index (κ3) is 3.06. The molecule has 2 aliphatic rings. The summed E-state index contributed by atoms with van der Waals surface area (Å²) in [6.45, 7) is 0.917. The molecule has 4 rings (SSSR count). The predicted molar refractivity (Wildman–Crippen MR) is 88.2 cm³/mol. The third-order valence-electron chi connectivity index (χ3n) is 4.99. The van der Waals surface area contributed by atoms with Crippen LogP contribution in [0.1, 0.15) is 38.5 Å². The van der Waals surface area contributed by atoms with Gasteiger partial charge in [0.25, 0.3) is 5.78 Å². The number of hydrogen-bond acceptors (Lipinski definition) is 5. The smallest absolute Gasteiger partial charge is 0.253 e. The standard InChI is InChI=1S/C16H21N5OS/c22-14(20-9-3-6-12-5-1-2-7-13(12)20)11-23-16-18-15-17-8-4-10-21(15)19-16/h4,8,10,12-13H,1-3,5-7,9,11H2/t12-,13+/m1/s1. The molecule has 2 aromatic heterocycles. The first-order valence-electron chi connectivity index (χ1n) is 8.41. The van der Waals surface area contributed by atoms with E-state index in [0.717, 1.165) is 18.9 Å². The van der Waals surface area contributed by atoms with Gasteiger partial charge in [-0.05, 0) is 37.7 Å². The maximum absolute atomic E-state index is 12.7. The Kier molecular flexibility index (Phi) is 4.20. The molecule has 1 saturated heterocycles. The van der Waals surface area contributed by atoms with E-state index in [1.807, 2.05) is 12.3 Å². The molecule has 0 radical (unpaired) electrons. The van der Waals surface area contributed by atoms with E-state index in [2.05, 4.69) is 20.0 Å². The number of fused-ring (bicyclic) bond motifs is 2. The van der Waals surface area contributed by atoms with Crippen LogP contribution in [-0.4, -0.2) is 48.7 Å². The molecule has 0 bridgehead atoms. The van der Waals surface area contributed by atoms with Crippen molar-refractivity contribution >= 4 is 23.4 Å². The highest BCUT2D eigenvalue weighted by atomic mass is 32.2. The van der Waals surface area contributed by atoms with E-state index >= 15 is 0 Å². The molecule has 7 heteroatoms. The molecule has 0 unspecified atom stereocenters. The van der Waals surface area contributed by atoms with E-state index in [1.165, 1.54) is 43.9 Å². The lowest BCUT2D eigenvalue weighted by atomic mass is 9.78. The summed E-state index contributed by atoms with van der Waals surface area (Å²) in [5.74, 6) is 1.95. The van der Waals surface area contributed by atoms with Crippen molar-refractivity contribution in [1.82, 2.24) is 24.5 Å². The van der Waals surface area contributed by atoms with Crippen LogP contribution in [0.4, 0.5) is 0 Å². The molecular formula is C16H21N5OS. The summed E-state index contributed by atoms with van der Waals surface area (Å²) >= 11 is 1.41. The topological polar surface area (TPSA) is 63.4 Å². The minimum atomic E-state index is 0.235. The van der Waals surface area contributed by atoms with Gasteiger partial charge in [-0.15, -0.1) is 5.10 Å². The van der Waals surface area contributed by atoms with Crippen molar-refractivity contribution in [1.29, 1.82) is 0 Å².